The molecule has 1 heterocycles. The standard InChI is InChI=1S/C20H24N2O2/c1-15-6-8-16(9-7-15)17-4-3-5-18(14-17)21-20(23)22-12-10-19(24-2)11-13-22/h3-9,14,19H,10-13H2,1-2H3,(H,21,23). The van der Waals surface area contributed by atoms with Crippen LogP contribution in [0.25, 0.3) is 11.1 Å². The molecule has 4 heteroatoms. The molecule has 0 bridgehead atoms. The molecule has 1 N–H and O–H groups in total. The number of rotatable bonds is 3. The van der Waals surface area contributed by atoms with Crippen molar-refractivity contribution in [3.63, 3.8) is 0 Å². The molecule has 1 aliphatic heterocycles. The number of piperidine rings is 1. The molecule has 1 aliphatic rings. The number of nitrogens with one attached hydrogen (secondary N) is 1. The Hall–Kier alpha value is -2.33. The molecule has 0 unspecified atom stereocenters. The molecule has 0 spiro atoms. The summed E-state index contributed by atoms with van der Waals surface area (Å²) in [6, 6.07) is 16.3. The van der Waals surface area contributed by atoms with Gasteiger partial charge in [0.2, 0.25) is 0 Å². The van der Waals surface area contributed by atoms with E-state index in [0.29, 0.717) is 0 Å². The van der Waals surface area contributed by atoms with E-state index in [0.717, 1.165) is 42.7 Å². The molecule has 4 nitrogen and oxygen atoms in total. The lowest BCUT2D eigenvalue weighted by Crippen LogP contribution is -2.42. The summed E-state index contributed by atoms with van der Waals surface area (Å²) >= 11 is 0. The topological polar surface area (TPSA) is 41.6 Å². The first kappa shape index (κ1) is 16.5. The molecule has 2 aromatic rings. The van der Waals surface area contributed by atoms with Crippen molar-refractivity contribution in [1.29, 1.82) is 0 Å². The van der Waals surface area contributed by atoms with E-state index in [1.165, 1.54) is 5.56 Å². The second kappa shape index (κ2) is 7.49. The first-order chi connectivity index (χ1) is 11.7. The molecule has 0 aromatic heterocycles. The Labute approximate surface area is 143 Å². The van der Waals surface area contributed by atoms with Crippen LogP contribution in [0.4, 0.5) is 10.5 Å². The first-order valence-corrected chi connectivity index (χ1v) is 8.41. The summed E-state index contributed by atoms with van der Waals surface area (Å²) in [5.41, 5.74) is 4.32. The molecule has 24 heavy (non-hydrogen) atoms. The van der Waals surface area contributed by atoms with Crippen LogP contribution in [0.5, 0.6) is 0 Å². The molecule has 0 atom stereocenters. The van der Waals surface area contributed by atoms with Crippen LogP contribution >= 0.6 is 0 Å². The summed E-state index contributed by atoms with van der Waals surface area (Å²) in [5.74, 6) is 0. The van der Waals surface area contributed by atoms with E-state index in [1.54, 1.807) is 7.11 Å². The van der Waals surface area contributed by atoms with Crippen LogP contribution in [0.1, 0.15) is 18.4 Å². The number of aryl methyl sites for hydroxylation is 1. The number of nitrogens with zero attached hydrogens (tertiary/aromatic N) is 1. The van der Waals surface area contributed by atoms with Gasteiger partial charge in [-0.1, -0.05) is 42.0 Å². The fourth-order valence-electron chi connectivity index (χ4n) is 3.02. The number of amides is 2. The number of likely N-dealkylation sites (tertiary alicyclic amines) is 1. The summed E-state index contributed by atoms with van der Waals surface area (Å²) in [5, 5.41) is 3.01. The number of urea groups is 1. The Morgan fingerprint density at radius 3 is 2.46 bits per heavy atom. The van der Waals surface area contributed by atoms with Gasteiger partial charge in [-0.15, -0.1) is 0 Å². The van der Waals surface area contributed by atoms with Crippen LogP contribution in [-0.2, 0) is 4.74 Å². The fraction of sp³-hybridized carbons (Fsp3) is 0.350. The minimum absolute atomic E-state index is 0.0365. The highest BCUT2D eigenvalue weighted by atomic mass is 16.5. The normalized spacial score (nSPS) is 15.3. The summed E-state index contributed by atoms with van der Waals surface area (Å²) in [4.78, 5) is 14.3. The van der Waals surface area contributed by atoms with Gasteiger partial charge in [-0.3, -0.25) is 0 Å². The molecule has 3 rings (SSSR count). The van der Waals surface area contributed by atoms with Crippen molar-refractivity contribution in [3.05, 3.63) is 54.1 Å². The highest BCUT2D eigenvalue weighted by Gasteiger charge is 2.22. The lowest BCUT2D eigenvalue weighted by atomic mass is 10.0. The molecule has 0 aliphatic carbocycles. The van der Waals surface area contributed by atoms with Crippen LogP contribution in [0.15, 0.2) is 48.5 Å². The molecular formula is C20H24N2O2. The monoisotopic (exact) mass is 324 g/mol. The van der Waals surface area contributed by atoms with Crippen LogP contribution in [0.3, 0.4) is 0 Å². The van der Waals surface area contributed by atoms with Crippen molar-refractivity contribution in [3.8, 4) is 11.1 Å². The molecular weight excluding hydrogens is 300 g/mol. The molecule has 0 radical (unpaired) electrons. The van der Waals surface area contributed by atoms with Gasteiger partial charge in [0.25, 0.3) is 0 Å². The zero-order chi connectivity index (χ0) is 16.9. The number of carbonyl (C=O) groups is 1. The van der Waals surface area contributed by atoms with E-state index < -0.39 is 0 Å². The maximum absolute atomic E-state index is 12.4. The predicted octanol–water partition coefficient (Wildman–Crippen LogP) is 4.30. The second-order valence-corrected chi connectivity index (χ2v) is 6.30. The molecule has 1 fully saturated rings. The number of carbonyl (C=O) groups excluding carboxylic acids is 1. The Bertz CT molecular complexity index is 689. The van der Waals surface area contributed by atoms with Gasteiger partial charge in [-0.2, -0.15) is 0 Å². The zero-order valence-electron chi connectivity index (χ0n) is 14.3. The van der Waals surface area contributed by atoms with E-state index in [-0.39, 0.29) is 12.1 Å². The Morgan fingerprint density at radius 1 is 1.08 bits per heavy atom. The smallest absolute Gasteiger partial charge is 0.321 e. The third-order valence-corrected chi connectivity index (χ3v) is 4.56. The maximum atomic E-state index is 12.4. The van der Waals surface area contributed by atoms with Gasteiger partial charge in [0, 0.05) is 25.9 Å². The number of methoxy groups -OCH3 is 1. The maximum Gasteiger partial charge on any atom is 0.321 e. The van der Waals surface area contributed by atoms with Gasteiger partial charge in [-0.25, -0.2) is 4.79 Å². The van der Waals surface area contributed by atoms with Crippen LogP contribution in [-0.4, -0.2) is 37.2 Å². The summed E-state index contributed by atoms with van der Waals surface area (Å²) in [7, 11) is 1.73. The van der Waals surface area contributed by atoms with E-state index in [9.17, 15) is 4.79 Å². The molecule has 126 valence electrons. The lowest BCUT2D eigenvalue weighted by molar-refractivity contribution is 0.0521. The Kier molecular flexibility index (Phi) is 5.16. The molecule has 0 saturated carbocycles. The summed E-state index contributed by atoms with van der Waals surface area (Å²) < 4.78 is 5.35. The van der Waals surface area contributed by atoms with Crippen molar-refractivity contribution >= 4 is 11.7 Å². The van der Waals surface area contributed by atoms with Crippen LogP contribution < -0.4 is 5.32 Å². The minimum atomic E-state index is -0.0365. The average molecular weight is 324 g/mol. The average Bonchev–Trinajstić information content (AvgIpc) is 2.62. The van der Waals surface area contributed by atoms with Gasteiger partial charge in [0.05, 0.1) is 6.10 Å². The van der Waals surface area contributed by atoms with Crippen molar-refractivity contribution in [1.82, 2.24) is 4.90 Å². The van der Waals surface area contributed by atoms with Gasteiger partial charge >= 0.3 is 6.03 Å². The quantitative estimate of drug-likeness (QED) is 0.914. The van der Waals surface area contributed by atoms with E-state index >= 15 is 0 Å². The summed E-state index contributed by atoms with van der Waals surface area (Å²) in [6.07, 6.45) is 2.07. The predicted molar refractivity (Wildman–Crippen MR) is 97.2 cm³/mol. The molecule has 2 amide bonds. The van der Waals surface area contributed by atoms with Crippen molar-refractivity contribution in [2.75, 3.05) is 25.5 Å². The largest absolute Gasteiger partial charge is 0.381 e. The first-order valence-electron chi connectivity index (χ1n) is 8.41. The number of hydrogen-bond acceptors (Lipinski definition) is 2. The zero-order valence-corrected chi connectivity index (χ0v) is 14.3. The van der Waals surface area contributed by atoms with Gasteiger partial charge in [-0.05, 0) is 43.0 Å². The second-order valence-electron chi connectivity index (χ2n) is 6.30. The highest BCUT2D eigenvalue weighted by Crippen LogP contribution is 2.23. The number of anilines is 1. The molecule has 2 aromatic carbocycles. The van der Waals surface area contributed by atoms with Gasteiger partial charge in [0.1, 0.15) is 0 Å². The minimum Gasteiger partial charge on any atom is -0.381 e. The van der Waals surface area contributed by atoms with E-state index in [1.807, 2.05) is 23.1 Å². The third-order valence-electron chi connectivity index (χ3n) is 4.56. The van der Waals surface area contributed by atoms with Gasteiger partial charge in [0.15, 0.2) is 0 Å². The van der Waals surface area contributed by atoms with Crippen molar-refractivity contribution in [2.45, 2.75) is 25.9 Å². The van der Waals surface area contributed by atoms with Crippen molar-refractivity contribution in [2.24, 2.45) is 0 Å². The number of ether oxygens (including phenoxy) is 1. The van der Waals surface area contributed by atoms with Crippen LogP contribution in [0.2, 0.25) is 0 Å². The fourth-order valence-corrected chi connectivity index (χ4v) is 3.02. The lowest BCUT2D eigenvalue weighted by Gasteiger charge is -2.31. The molecule has 1 saturated heterocycles. The van der Waals surface area contributed by atoms with E-state index in [4.69, 9.17) is 4.74 Å². The summed E-state index contributed by atoms with van der Waals surface area (Å²) in [6.45, 7) is 3.55. The Morgan fingerprint density at radius 2 is 1.79 bits per heavy atom. The third kappa shape index (κ3) is 3.95. The van der Waals surface area contributed by atoms with Crippen molar-refractivity contribution < 1.29 is 9.53 Å². The SMILES string of the molecule is COC1CCN(C(=O)Nc2cccc(-c3ccc(C)cc3)c2)CC1. The van der Waals surface area contributed by atoms with Crippen LogP contribution in [0, 0.1) is 6.92 Å². The van der Waals surface area contributed by atoms with E-state index in [2.05, 4.69) is 42.6 Å². The Balaban J connectivity index is 1.66. The van der Waals surface area contributed by atoms with Gasteiger partial charge < -0.3 is 15.0 Å². The number of hydrogen-bond donors (Lipinski definition) is 1. The highest BCUT2D eigenvalue weighted by molar-refractivity contribution is 5.90. The number of benzene rings is 2.